The van der Waals surface area contributed by atoms with Crippen LogP contribution >= 0.6 is 0 Å². The summed E-state index contributed by atoms with van der Waals surface area (Å²) in [6, 6.07) is 1.09. The van der Waals surface area contributed by atoms with Gasteiger partial charge in [-0.25, -0.2) is 4.79 Å². The van der Waals surface area contributed by atoms with E-state index in [9.17, 15) is 4.79 Å². The van der Waals surface area contributed by atoms with E-state index in [1.165, 1.54) is 5.82 Å². The van der Waals surface area contributed by atoms with Crippen molar-refractivity contribution >= 4 is 6.09 Å². The molecule has 0 aromatic heterocycles. The number of nitrogens with one attached hydrogen (secondary N) is 1. The van der Waals surface area contributed by atoms with Crippen LogP contribution in [0.2, 0.25) is 0 Å². The van der Waals surface area contributed by atoms with Gasteiger partial charge in [-0.05, 0) is 45.6 Å². The Kier molecular flexibility index (Phi) is 4.63. The third-order valence-corrected chi connectivity index (χ3v) is 5.83. The summed E-state index contributed by atoms with van der Waals surface area (Å²) in [6.45, 7) is 11.9. The van der Waals surface area contributed by atoms with Gasteiger partial charge < -0.3 is 19.9 Å². The van der Waals surface area contributed by atoms with E-state index in [2.05, 4.69) is 33.3 Å². The maximum atomic E-state index is 12.2. The minimum atomic E-state index is -0.413. The molecule has 3 fully saturated rings. The van der Waals surface area contributed by atoms with Crippen LogP contribution in [-0.4, -0.2) is 77.7 Å². The van der Waals surface area contributed by atoms with Crippen molar-refractivity contribution in [3.8, 4) is 0 Å². The molecule has 4 aliphatic heterocycles. The van der Waals surface area contributed by atoms with E-state index in [4.69, 9.17) is 4.74 Å². The van der Waals surface area contributed by atoms with Crippen LogP contribution in [0.1, 0.15) is 33.6 Å². The van der Waals surface area contributed by atoms with Gasteiger partial charge in [0.25, 0.3) is 0 Å². The fourth-order valence-corrected chi connectivity index (χ4v) is 4.65. The lowest BCUT2D eigenvalue weighted by molar-refractivity contribution is 0.0147. The first kappa shape index (κ1) is 17.7. The lowest BCUT2D eigenvalue weighted by atomic mass is 9.95. The van der Waals surface area contributed by atoms with E-state index in [0.29, 0.717) is 18.0 Å². The quantitative estimate of drug-likeness (QED) is 0.816. The highest BCUT2D eigenvalue weighted by Crippen LogP contribution is 2.29. The van der Waals surface area contributed by atoms with Gasteiger partial charge in [0.2, 0.25) is 0 Å². The molecule has 0 spiro atoms. The Bertz CT molecular complexity index is 601. The van der Waals surface area contributed by atoms with Crippen LogP contribution in [0.5, 0.6) is 0 Å². The van der Waals surface area contributed by atoms with Crippen LogP contribution in [0, 0.1) is 5.92 Å². The molecule has 0 bridgehead atoms. The molecule has 6 heteroatoms. The molecule has 26 heavy (non-hydrogen) atoms. The minimum absolute atomic E-state index is 0.159. The zero-order valence-corrected chi connectivity index (χ0v) is 16.3. The average Bonchev–Trinajstić information content (AvgIpc) is 2.99. The molecule has 4 rings (SSSR count). The van der Waals surface area contributed by atoms with Gasteiger partial charge in [-0.2, -0.15) is 0 Å². The number of hydrogen-bond donors (Lipinski definition) is 1. The van der Waals surface area contributed by atoms with Gasteiger partial charge in [0.15, 0.2) is 0 Å². The maximum Gasteiger partial charge on any atom is 0.410 e. The minimum Gasteiger partial charge on any atom is -0.444 e. The highest BCUT2D eigenvalue weighted by molar-refractivity contribution is 5.68. The zero-order valence-electron chi connectivity index (χ0n) is 16.3. The fraction of sp³-hybridized carbons (Fsp3) is 0.750. The topological polar surface area (TPSA) is 48.1 Å². The van der Waals surface area contributed by atoms with Crippen molar-refractivity contribution in [2.24, 2.45) is 5.92 Å². The largest absolute Gasteiger partial charge is 0.444 e. The standard InChI is InChI=1S/C20H32N4O2/c1-20(2,3)26-19(25)23-9-7-15(8-10-23)12-22-13-16-5-4-6-18-21-11-17(14-22)24(16)18/h4-6,15-17,21H,7-14H2,1-3H3. The molecule has 4 aliphatic rings. The van der Waals surface area contributed by atoms with Crippen LogP contribution in [-0.2, 0) is 4.74 Å². The normalized spacial score (nSPS) is 29.3. The second kappa shape index (κ2) is 6.80. The molecule has 1 amide bonds. The number of rotatable bonds is 2. The summed E-state index contributed by atoms with van der Waals surface area (Å²) in [7, 11) is 0. The first-order chi connectivity index (χ1) is 12.4. The lowest BCUT2D eigenvalue weighted by Crippen LogP contribution is -2.57. The third-order valence-electron chi connectivity index (χ3n) is 5.83. The van der Waals surface area contributed by atoms with Crippen molar-refractivity contribution < 1.29 is 9.53 Å². The maximum absolute atomic E-state index is 12.2. The van der Waals surface area contributed by atoms with Crippen molar-refractivity contribution in [3.05, 3.63) is 24.0 Å². The molecular weight excluding hydrogens is 328 g/mol. The number of nitrogens with zero attached hydrogens (tertiary/aromatic N) is 3. The highest BCUT2D eigenvalue weighted by Gasteiger charge is 2.40. The number of carbonyl (C=O) groups is 1. The van der Waals surface area contributed by atoms with Crippen LogP contribution in [0.15, 0.2) is 24.0 Å². The van der Waals surface area contributed by atoms with Crippen LogP contribution < -0.4 is 5.32 Å². The van der Waals surface area contributed by atoms with E-state index in [1.807, 2.05) is 25.7 Å². The van der Waals surface area contributed by atoms with Gasteiger partial charge in [-0.1, -0.05) is 12.2 Å². The zero-order chi connectivity index (χ0) is 18.3. The van der Waals surface area contributed by atoms with Crippen molar-refractivity contribution in [1.82, 2.24) is 20.0 Å². The van der Waals surface area contributed by atoms with Gasteiger partial charge >= 0.3 is 6.09 Å². The number of piperidine rings is 1. The van der Waals surface area contributed by atoms with Crippen molar-refractivity contribution in [2.45, 2.75) is 51.3 Å². The van der Waals surface area contributed by atoms with Gasteiger partial charge in [0.1, 0.15) is 11.4 Å². The van der Waals surface area contributed by atoms with Gasteiger partial charge in [-0.15, -0.1) is 0 Å². The Morgan fingerprint density at radius 3 is 2.77 bits per heavy atom. The van der Waals surface area contributed by atoms with E-state index in [0.717, 1.165) is 52.1 Å². The molecule has 0 radical (unpaired) electrons. The van der Waals surface area contributed by atoms with Gasteiger partial charge in [0.05, 0.1) is 12.1 Å². The van der Waals surface area contributed by atoms with Gasteiger partial charge in [0, 0.05) is 39.3 Å². The van der Waals surface area contributed by atoms with E-state index in [1.54, 1.807) is 0 Å². The monoisotopic (exact) mass is 360 g/mol. The predicted octanol–water partition coefficient (Wildman–Crippen LogP) is 2.00. The number of ether oxygens (including phenoxy) is 1. The van der Waals surface area contributed by atoms with Crippen LogP contribution in [0.4, 0.5) is 4.79 Å². The molecular formula is C20H32N4O2. The molecule has 6 nitrogen and oxygen atoms in total. The molecule has 0 aliphatic carbocycles. The number of hydrogen-bond acceptors (Lipinski definition) is 5. The molecule has 1 N–H and O–H groups in total. The Labute approximate surface area is 156 Å². The molecule has 2 atom stereocenters. The summed E-state index contributed by atoms with van der Waals surface area (Å²) in [5, 5.41) is 3.54. The van der Waals surface area contributed by atoms with Crippen LogP contribution in [0.25, 0.3) is 0 Å². The fourth-order valence-electron chi connectivity index (χ4n) is 4.65. The summed E-state index contributed by atoms with van der Waals surface area (Å²) in [4.78, 5) is 19.3. The molecule has 3 saturated heterocycles. The van der Waals surface area contributed by atoms with Crippen molar-refractivity contribution in [3.63, 3.8) is 0 Å². The SMILES string of the molecule is CC(C)(C)OC(=O)N1CCC(CN2CC3C=CC=C4NCC(C2)N43)CC1. The molecule has 4 heterocycles. The van der Waals surface area contributed by atoms with Gasteiger partial charge in [-0.3, -0.25) is 4.90 Å². The molecule has 0 aromatic carbocycles. The van der Waals surface area contributed by atoms with Crippen molar-refractivity contribution in [1.29, 1.82) is 0 Å². The second-order valence-electron chi connectivity index (χ2n) is 9.08. The summed E-state index contributed by atoms with van der Waals surface area (Å²) in [5.41, 5.74) is -0.413. The van der Waals surface area contributed by atoms with Crippen LogP contribution in [0.3, 0.4) is 0 Å². The Hall–Kier alpha value is -1.69. The molecule has 0 aromatic rings. The highest BCUT2D eigenvalue weighted by atomic mass is 16.6. The Morgan fingerprint density at radius 2 is 2.04 bits per heavy atom. The summed E-state index contributed by atoms with van der Waals surface area (Å²) in [5.74, 6) is 1.98. The smallest absolute Gasteiger partial charge is 0.410 e. The summed E-state index contributed by atoms with van der Waals surface area (Å²) in [6.07, 6.45) is 8.71. The van der Waals surface area contributed by atoms with E-state index >= 15 is 0 Å². The second-order valence-corrected chi connectivity index (χ2v) is 9.08. The lowest BCUT2D eigenvalue weighted by Gasteiger charge is -2.45. The first-order valence-corrected chi connectivity index (χ1v) is 10.00. The van der Waals surface area contributed by atoms with E-state index in [-0.39, 0.29) is 6.09 Å². The number of amides is 1. The first-order valence-electron chi connectivity index (χ1n) is 10.00. The number of carbonyl (C=O) groups excluding carboxylic acids is 1. The number of likely N-dealkylation sites (tertiary alicyclic amines) is 1. The Morgan fingerprint density at radius 1 is 1.27 bits per heavy atom. The molecule has 144 valence electrons. The summed E-state index contributed by atoms with van der Waals surface area (Å²) >= 11 is 0. The average molecular weight is 361 g/mol. The number of allylic oxidation sites excluding steroid dienone is 2. The Balaban J connectivity index is 1.27. The third kappa shape index (κ3) is 3.70. The summed E-state index contributed by atoms with van der Waals surface area (Å²) < 4.78 is 5.51. The number of piperazine rings is 1. The van der Waals surface area contributed by atoms with E-state index < -0.39 is 5.60 Å². The van der Waals surface area contributed by atoms with Crippen molar-refractivity contribution in [2.75, 3.05) is 39.3 Å². The molecule has 0 saturated carbocycles. The predicted molar refractivity (Wildman–Crippen MR) is 102 cm³/mol. The molecule has 2 unspecified atom stereocenters.